The molecule has 0 spiro atoms. The molecule has 1 N–H and O–H groups in total. The largest absolute Gasteiger partial charge is 0.494 e. The molecule has 0 radical (unpaired) electrons. The zero-order valence-corrected chi connectivity index (χ0v) is 23.7. The molecule has 12 heteroatoms. The second kappa shape index (κ2) is 15.1. The number of piperidine rings is 1. The summed E-state index contributed by atoms with van der Waals surface area (Å²) in [5, 5.41) is 2.79. The van der Waals surface area contributed by atoms with Crippen molar-refractivity contribution in [1.29, 1.82) is 0 Å². The predicted octanol–water partition coefficient (Wildman–Crippen LogP) is 2.94. The lowest BCUT2D eigenvalue weighted by Gasteiger charge is -2.35. The van der Waals surface area contributed by atoms with Gasteiger partial charge in [0.15, 0.2) is 0 Å². The van der Waals surface area contributed by atoms with Crippen LogP contribution in [-0.4, -0.2) is 88.7 Å². The molecule has 220 valence electrons. The minimum absolute atomic E-state index is 0.104. The smallest absolute Gasteiger partial charge is 0.245 e. The van der Waals surface area contributed by atoms with Gasteiger partial charge in [-0.1, -0.05) is 24.6 Å². The number of hydrogen-bond donors (Lipinski definition) is 1. The number of nitrogens with zero attached hydrogens (tertiary/aromatic N) is 2. The summed E-state index contributed by atoms with van der Waals surface area (Å²) in [5.41, 5.74) is 0.740. The van der Waals surface area contributed by atoms with Crippen molar-refractivity contribution in [2.45, 2.75) is 49.1 Å². The average molecular weight is 582 g/mol. The number of carbonyl (C=O) groups excluding carboxylic acids is 2. The standard InChI is InChI=1S/C28H37F2N3O6S/c1-32(16-18-38-2)28(35)25(19-21-10-12-23(13-11-21)39-17-6-14-29)31-27(34)26-9-3-4-15-33(26)40(36,37)24-8-5-7-22(30)20-24/h5,7-8,10-13,20,25-26H,3-4,6,9,14-19H2,1-2H3,(H,31,34)/t25-,26-/m0/s1. The topological polar surface area (TPSA) is 105 Å². The highest BCUT2D eigenvalue weighted by molar-refractivity contribution is 7.89. The Morgan fingerprint density at radius 3 is 2.58 bits per heavy atom. The molecular formula is C28H37F2N3O6S. The van der Waals surface area contributed by atoms with Crippen LogP contribution in [0.4, 0.5) is 8.78 Å². The fourth-order valence-electron chi connectivity index (χ4n) is 4.49. The molecule has 1 aliphatic heterocycles. The van der Waals surface area contributed by atoms with E-state index in [0.717, 1.165) is 22.0 Å². The highest BCUT2D eigenvalue weighted by Crippen LogP contribution is 2.26. The van der Waals surface area contributed by atoms with E-state index in [1.165, 1.54) is 24.1 Å². The maximum atomic E-state index is 13.8. The van der Waals surface area contributed by atoms with Gasteiger partial charge >= 0.3 is 0 Å². The van der Waals surface area contributed by atoms with Gasteiger partial charge in [0, 0.05) is 40.1 Å². The molecule has 2 atom stereocenters. The lowest BCUT2D eigenvalue weighted by Crippen LogP contribution is -2.57. The fraction of sp³-hybridized carbons (Fsp3) is 0.500. The number of methoxy groups -OCH3 is 1. The van der Waals surface area contributed by atoms with Gasteiger partial charge in [-0.15, -0.1) is 0 Å². The molecule has 0 aromatic heterocycles. The lowest BCUT2D eigenvalue weighted by molar-refractivity contribution is -0.137. The Balaban J connectivity index is 1.81. The number of halogens is 2. The molecule has 0 bridgehead atoms. The number of rotatable bonds is 14. The second-order valence-electron chi connectivity index (χ2n) is 9.64. The van der Waals surface area contributed by atoms with E-state index in [1.54, 1.807) is 31.3 Å². The number of alkyl halides is 1. The van der Waals surface area contributed by atoms with Crippen LogP contribution in [0.15, 0.2) is 53.4 Å². The Labute approximate surface area is 234 Å². The number of nitrogens with one attached hydrogen (secondary N) is 1. The van der Waals surface area contributed by atoms with E-state index in [1.807, 2.05) is 0 Å². The van der Waals surface area contributed by atoms with Gasteiger partial charge in [0.2, 0.25) is 21.8 Å². The summed E-state index contributed by atoms with van der Waals surface area (Å²) in [5.74, 6) is -1.09. The minimum Gasteiger partial charge on any atom is -0.494 e. The zero-order valence-electron chi connectivity index (χ0n) is 22.9. The van der Waals surface area contributed by atoms with Crippen LogP contribution >= 0.6 is 0 Å². The van der Waals surface area contributed by atoms with Gasteiger partial charge in [-0.05, 0) is 48.7 Å². The highest BCUT2D eigenvalue weighted by atomic mass is 32.2. The normalized spacial score (nSPS) is 16.8. The molecule has 9 nitrogen and oxygen atoms in total. The molecule has 2 amide bonds. The van der Waals surface area contributed by atoms with Crippen LogP contribution in [0.3, 0.4) is 0 Å². The molecule has 1 saturated heterocycles. The van der Waals surface area contributed by atoms with Gasteiger partial charge in [-0.25, -0.2) is 12.8 Å². The summed E-state index contributed by atoms with van der Waals surface area (Å²) in [4.78, 5) is 28.2. The van der Waals surface area contributed by atoms with Gasteiger partial charge in [-0.2, -0.15) is 4.31 Å². The first-order chi connectivity index (χ1) is 19.2. The van der Waals surface area contributed by atoms with E-state index in [9.17, 15) is 26.8 Å². The summed E-state index contributed by atoms with van der Waals surface area (Å²) in [7, 11) is -1.03. The first kappa shape index (κ1) is 31.4. The van der Waals surface area contributed by atoms with Gasteiger partial charge in [0.05, 0.1) is 24.8 Å². The van der Waals surface area contributed by atoms with Gasteiger partial charge < -0.3 is 19.7 Å². The van der Waals surface area contributed by atoms with Crippen molar-refractivity contribution < 1.29 is 36.3 Å². The van der Waals surface area contributed by atoms with Gasteiger partial charge in [0.1, 0.15) is 23.7 Å². The van der Waals surface area contributed by atoms with Crippen LogP contribution in [0, 0.1) is 5.82 Å². The summed E-state index contributed by atoms with van der Waals surface area (Å²) < 4.78 is 64.6. The van der Waals surface area contributed by atoms with Crippen molar-refractivity contribution in [2.75, 3.05) is 47.1 Å². The van der Waals surface area contributed by atoms with Crippen LogP contribution in [-0.2, 0) is 30.8 Å². The second-order valence-corrected chi connectivity index (χ2v) is 11.5. The SMILES string of the molecule is COCCN(C)C(=O)[C@H](Cc1ccc(OCCCF)cc1)NC(=O)[C@@H]1CCCCN1S(=O)(=O)c1cccc(F)c1. The highest BCUT2D eigenvalue weighted by Gasteiger charge is 2.39. The molecule has 0 saturated carbocycles. The third-order valence-corrected chi connectivity index (χ3v) is 8.59. The molecular weight excluding hydrogens is 544 g/mol. The molecule has 0 aliphatic carbocycles. The first-order valence-electron chi connectivity index (χ1n) is 13.3. The Bertz CT molecular complexity index is 1230. The number of hydrogen-bond acceptors (Lipinski definition) is 6. The predicted molar refractivity (Wildman–Crippen MR) is 146 cm³/mol. The number of carbonyl (C=O) groups is 2. The Morgan fingerprint density at radius 2 is 1.90 bits per heavy atom. The molecule has 1 fully saturated rings. The van der Waals surface area contributed by atoms with Crippen LogP contribution in [0.2, 0.25) is 0 Å². The van der Waals surface area contributed by atoms with E-state index in [2.05, 4.69) is 5.32 Å². The Morgan fingerprint density at radius 1 is 1.15 bits per heavy atom. The van der Waals surface area contributed by atoms with E-state index in [0.29, 0.717) is 31.7 Å². The quantitative estimate of drug-likeness (QED) is 0.344. The van der Waals surface area contributed by atoms with E-state index in [4.69, 9.17) is 9.47 Å². The lowest BCUT2D eigenvalue weighted by atomic mass is 10.0. The van der Waals surface area contributed by atoms with Crippen LogP contribution < -0.4 is 10.1 Å². The monoisotopic (exact) mass is 581 g/mol. The number of ether oxygens (including phenoxy) is 2. The Kier molecular flexibility index (Phi) is 11.8. The number of likely N-dealkylation sites (N-methyl/N-ethyl adjacent to an activating group) is 1. The van der Waals surface area contributed by atoms with Crippen LogP contribution in [0.5, 0.6) is 5.75 Å². The molecule has 40 heavy (non-hydrogen) atoms. The number of sulfonamides is 1. The molecule has 3 rings (SSSR count). The maximum Gasteiger partial charge on any atom is 0.245 e. The van der Waals surface area contributed by atoms with E-state index in [-0.39, 0.29) is 43.2 Å². The minimum atomic E-state index is -4.15. The third kappa shape index (κ3) is 8.45. The summed E-state index contributed by atoms with van der Waals surface area (Å²) in [6.07, 6.45) is 1.89. The van der Waals surface area contributed by atoms with Crippen molar-refractivity contribution >= 4 is 21.8 Å². The molecule has 2 aromatic rings. The summed E-state index contributed by atoms with van der Waals surface area (Å²) in [6, 6.07) is 9.59. The molecule has 2 aromatic carbocycles. The van der Waals surface area contributed by atoms with Crippen molar-refractivity contribution in [3.05, 3.63) is 59.9 Å². The number of benzene rings is 2. The summed E-state index contributed by atoms with van der Waals surface area (Å²) in [6.45, 7) is 0.476. The molecule has 1 heterocycles. The molecule has 0 unspecified atom stereocenters. The maximum absolute atomic E-state index is 13.8. The average Bonchev–Trinajstić information content (AvgIpc) is 2.96. The third-order valence-electron chi connectivity index (χ3n) is 6.69. The summed E-state index contributed by atoms with van der Waals surface area (Å²) >= 11 is 0. The van der Waals surface area contributed by atoms with Crippen molar-refractivity contribution in [2.24, 2.45) is 0 Å². The first-order valence-corrected chi connectivity index (χ1v) is 14.7. The van der Waals surface area contributed by atoms with Gasteiger partial charge in [-0.3, -0.25) is 14.0 Å². The molecule has 1 aliphatic rings. The van der Waals surface area contributed by atoms with Crippen molar-refractivity contribution in [3.8, 4) is 5.75 Å². The van der Waals surface area contributed by atoms with E-state index < -0.39 is 40.5 Å². The zero-order chi connectivity index (χ0) is 29.1. The van der Waals surface area contributed by atoms with Crippen molar-refractivity contribution in [3.63, 3.8) is 0 Å². The van der Waals surface area contributed by atoms with Crippen molar-refractivity contribution in [1.82, 2.24) is 14.5 Å². The van der Waals surface area contributed by atoms with Gasteiger partial charge in [0.25, 0.3) is 0 Å². The van der Waals surface area contributed by atoms with Crippen LogP contribution in [0.25, 0.3) is 0 Å². The Hall–Kier alpha value is -3.09. The van der Waals surface area contributed by atoms with E-state index >= 15 is 0 Å². The number of amides is 2. The fourth-order valence-corrected chi connectivity index (χ4v) is 6.18. The van der Waals surface area contributed by atoms with Crippen LogP contribution in [0.1, 0.15) is 31.2 Å².